The third-order valence-corrected chi connectivity index (χ3v) is 4.91. The molecule has 2 atom stereocenters. The number of benzene rings is 2. The second-order valence-electron chi connectivity index (χ2n) is 6.87. The molecule has 2 aliphatic rings. The molecule has 0 spiro atoms. The Morgan fingerprint density at radius 3 is 2.71 bits per heavy atom. The van der Waals surface area contributed by atoms with E-state index in [0.29, 0.717) is 32.1 Å². The Hall–Kier alpha value is -3.22. The zero-order chi connectivity index (χ0) is 19.3. The van der Waals surface area contributed by atoms with Gasteiger partial charge in [-0.25, -0.2) is 0 Å². The van der Waals surface area contributed by atoms with Gasteiger partial charge in [0, 0.05) is 31.6 Å². The lowest BCUT2D eigenvalue weighted by Gasteiger charge is -2.28. The molecule has 2 aromatic carbocycles. The summed E-state index contributed by atoms with van der Waals surface area (Å²) in [7, 11) is 1.73. The van der Waals surface area contributed by atoms with E-state index in [2.05, 4.69) is 27.0 Å². The summed E-state index contributed by atoms with van der Waals surface area (Å²) in [4.78, 5) is 16.2. The van der Waals surface area contributed by atoms with Gasteiger partial charge in [0.2, 0.25) is 5.91 Å². The first-order valence-corrected chi connectivity index (χ1v) is 9.44. The number of fused-ring (bicyclic) bond motifs is 2. The van der Waals surface area contributed by atoms with Gasteiger partial charge in [-0.05, 0) is 23.8 Å². The molecule has 0 radical (unpaired) electrons. The van der Waals surface area contributed by atoms with E-state index in [1.165, 1.54) is 0 Å². The van der Waals surface area contributed by atoms with E-state index in [4.69, 9.17) is 9.47 Å². The van der Waals surface area contributed by atoms with Crippen LogP contribution in [0.15, 0.2) is 53.5 Å². The number of hydrogen-bond donors (Lipinski definition) is 3. The fourth-order valence-corrected chi connectivity index (χ4v) is 3.50. The molecule has 146 valence electrons. The monoisotopic (exact) mass is 380 g/mol. The molecule has 1 amide bonds. The highest BCUT2D eigenvalue weighted by molar-refractivity contribution is 5.94. The summed E-state index contributed by atoms with van der Waals surface area (Å²) in [5.74, 6) is 2.35. The molecule has 2 heterocycles. The van der Waals surface area contributed by atoms with Gasteiger partial charge in [0.25, 0.3) is 0 Å². The lowest BCUT2D eigenvalue weighted by molar-refractivity contribution is -0.116. The molecule has 7 nitrogen and oxygen atoms in total. The topological polar surface area (TPSA) is 84.0 Å². The number of nitrogens with zero attached hydrogens (tertiary/aromatic N) is 1. The molecular weight excluding hydrogens is 356 g/mol. The van der Waals surface area contributed by atoms with Gasteiger partial charge in [0.15, 0.2) is 17.5 Å². The van der Waals surface area contributed by atoms with Gasteiger partial charge in [-0.3, -0.25) is 9.79 Å². The number of aliphatic imine (C=N–C) groups is 1. The SMILES string of the molecule is CN=C(NCC1COc2ccccc2O1)NCC1CC(=O)Nc2ccccc21. The lowest BCUT2D eigenvalue weighted by atomic mass is 9.90. The number of guanidine groups is 1. The molecule has 0 aromatic heterocycles. The van der Waals surface area contributed by atoms with Crippen molar-refractivity contribution in [1.29, 1.82) is 0 Å². The molecule has 2 unspecified atom stereocenters. The summed E-state index contributed by atoms with van der Waals surface area (Å²) in [6.45, 7) is 1.67. The third-order valence-electron chi connectivity index (χ3n) is 4.91. The lowest BCUT2D eigenvalue weighted by Crippen LogP contribution is -2.46. The molecular formula is C21H24N4O3. The molecule has 28 heavy (non-hydrogen) atoms. The molecule has 0 fully saturated rings. The van der Waals surface area contributed by atoms with E-state index in [9.17, 15) is 4.79 Å². The van der Waals surface area contributed by atoms with Crippen LogP contribution in [0.4, 0.5) is 5.69 Å². The van der Waals surface area contributed by atoms with E-state index in [1.807, 2.05) is 42.5 Å². The maximum atomic E-state index is 12.0. The molecule has 2 aliphatic heterocycles. The third kappa shape index (κ3) is 4.03. The largest absolute Gasteiger partial charge is 0.486 e. The Morgan fingerprint density at radius 1 is 1.11 bits per heavy atom. The molecule has 4 rings (SSSR count). The molecule has 0 aliphatic carbocycles. The van der Waals surface area contributed by atoms with Crippen molar-refractivity contribution < 1.29 is 14.3 Å². The second-order valence-corrected chi connectivity index (χ2v) is 6.87. The maximum absolute atomic E-state index is 12.0. The number of para-hydroxylation sites is 3. The number of nitrogens with one attached hydrogen (secondary N) is 3. The van der Waals surface area contributed by atoms with Crippen LogP contribution < -0.4 is 25.4 Å². The first-order chi connectivity index (χ1) is 13.7. The summed E-state index contributed by atoms with van der Waals surface area (Å²) >= 11 is 0. The highest BCUT2D eigenvalue weighted by atomic mass is 16.6. The van der Waals surface area contributed by atoms with Crippen molar-refractivity contribution in [2.24, 2.45) is 4.99 Å². The zero-order valence-corrected chi connectivity index (χ0v) is 15.8. The predicted molar refractivity (Wildman–Crippen MR) is 108 cm³/mol. The highest BCUT2D eigenvalue weighted by Crippen LogP contribution is 2.32. The minimum absolute atomic E-state index is 0.0415. The highest BCUT2D eigenvalue weighted by Gasteiger charge is 2.25. The second kappa shape index (κ2) is 8.21. The minimum atomic E-state index is -0.102. The molecule has 7 heteroatoms. The predicted octanol–water partition coefficient (Wildman–Crippen LogP) is 2.12. The van der Waals surface area contributed by atoms with Crippen molar-refractivity contribution in [3.63, 3.8) is 0 Å². The van der Waals surface area contributed by atoms with Gasteiger partial charge in [-0.1, -0.05) is 30.3 Å². The first kappa shape index (κ1) is 18.2. The summed E-state index contributed by atoms with van der Waals surface area (Å²) in [6, 6.07) is 15.6. The van der Waals surface area contributed by atoms with Crippen LogP contribution in [-0.2, 0) is 4.79 Å². The van der Waals surface area contributed by atoms with E-state index >= 15 is 0 Å². The van der Waals surface area contributed by atoms with Crippen molar-refractivity contribution in [2.45, 2.75) is 18.4 Å². The van der Waals surface area contributed by atoms with Gasteiger partial charge in [-0.2, -0.15) is 0 Å². The van der Waals surface area contributed by atoms with Crippen molar-refractivity contribution in [3.05, 3.63) is 54.1 Å². The Bertz CT molecular complexity index is 883. The van der Waals surface area contributed by atoms with Crippen LogP contribution in [0, 0.1) is 0 Å². The van der Waals surface area contributed by atoms with Crippen molar-refractivity contribution >= 4 is 17.6 Å². The average Bonchev–Trinajstić information content (AvgIpc) is 2.73. The van der Waals surface area contributed by atoms with E-state index in [0.717, 1.165) is 22.7 Å². The van der Waals surface area contributed by atoms with Crippen molar-refractivity contribution in [2.75, 3.05) is 32.1 Å². The van der Waals surface area contributed by atoms with Crippen LogP contribution in [0.2, 0.25) is 0 Å². The number of carbonyl (C=O) groups is 1. The summed E-state index contributed by atoms with van der Waals surface area (Å²) in [6.07, 6.45) is 0.354. The van der Waals surface area contributed by atoms with Crippen LogP contribution in [-0.4, -0.2) is 44.7 Å². The number of ether oxygens (including phenoxy) is 2. The van der Waals surface area contributed by atoms with Crippen LogP contribution in [0.25, 0.3) is 0 Å². The van der Waals surface area contributed by atoms with E-state index < -0.39 is 0 Å². The Labute approximate surface area is 164 Å². The summed E-state index contributed by atoms with van der Waals surface area (Å²) in [5, 5.41) is 9.52. The number of anilines is 1. The van der Waals surface area contributed by atoms with E-state index in [1.54, 1.807) is 7.05 Å². The fraction of sp³-hybridized carbons (Fsp3) is 0.333. The van der Waals surface area contributed by atoms with E-state index in [-0.39, 0.29) is 17.9 Å². The van der Waals surface area contributed by atoms with Gasteiger partial charge in [0.05, 0.1) is 6.54 Å². The average molecular weight is 380 g/mol. The van der Waals surface area contributed by atoms with Crippen LogP contribution in [0.3, 0.4) is 0 Å². The Kier molecular flexibility index (Phi) is 5.32. The first-order valence-electron chi connectivity index (χ1n) is 9.44. The van der Waals surface area contributed by atoms with Crippen molar-refractivity contribution in [3.8, 4) is 11.5 Å². The van der Waals surface area contributed by atoms with Crippen LogP contribution in [0.5, 0.6) is 11.5 Å². The molecule has 0 bridgehead atoms. The number of rotatable bonds is 4. The normalized spacial score (nSPS) is 20.8. The summed E-state index contributed by atoms with van der Waals surface area (Å²) in [5.41, 5.74) is 2.03. The molecule has 3 N–H and O–H groups in total. The van der Waals surface area contributed by atoms with Crippen LogP contribution >= 0.6 is 0 Å². The maximum Gasteiger partial charge on any atom is 0.225 e. The fourth-order valence-electron chi connectivity index (χ4n) is 3.50. The van der Waals surface area contributed by atoms with Gasteiger partial charge >= 0.3 is 0 Å². The Morgan fingerprint density at radius 2 is 1.86 bits per heavy atom. The molecule has 0 saturated heterocycles. The molecule has 0 saturated carbocycles. The van der Waals surface area contributed by atoms with Gasteiger partial charge < -0.3 is 25.4 Å². The minimum Gasteiger partial charge on any atom is -0.486 e. The number of hydrogen-bond acceptors (Lipinski definition) is 4. The van der Waals surface area contributed by atoms with Crippen molar-refractivity contribution in [1.82, 2.24) is 10.6 Å². The standard InChI is InChI=1S/C21H24N4O3/c1-22-21(24-12-15-13-27-18-8-4-5-9-19(18)28-15)23-11-14-10-20(26)25-17-7-3-2-6-16(14)17/h2-9,14-15H,10-13H2,1H3,(H,25,26)(H2,22,23,24). The number of amides is 1. The number of carbonyl (C=O) groups excluding carboxylic acids is 1. The quantitative estimate of drug-likeness (QED) is 0.559. The van der Waals surface area contributed by atoms with Crippen LogP contribution in [0.1, 0.15) is 17.9 Å². The molecule has 2 aromatic rings. The summed E-state index contributed by atoms with van der Waals surface area (Å²) < 4.78 is 11.7. The smallest absolute Gasteiger partial charge is 0.225 e. The van der Waals surface area contributed by atoms with Gasteiger partial charge in [0.1, 0.15) is 12.7 Å². The van der Waals surface area contributed by atoms with Gasteiger partial charge in [-0.15, -0.1) is 0 Å². The Balaban J connectivity index is 1.31. The zero-order valence-electron chi connectivity index (χ0n) is 15.8.